The van der Waals surface area contributed by atoms with Crippen LogP contribution in [0.2, 0.25) is 0 Å². The lowest BCUT2D eigenvalue weighted by molar-refractivity contribution is -0.133. The number of rotatable bonds is 6. The Morgan fingerprint density at radius 1 is 1.48 bits per heavy atom. The van der Waals surface area contributed by atoms with Crippen molar-refractivity contribution in [2.45, 2.75) is 32.2 Å². The number of fused-ring (bicyclic) bond motifs is 1. The normalized spacial score (nSPS) is 17.8. The molecule has 1 N–H and O–H groups in total. The maximum Gasteiger partial charge on any atom is 0.245 e. The molecular formula is C16H22N4O2S. The second-order valence-electron chi connectivity index (χ2n) is 5.74. The van der Waals surface area contributed by atoms with E-state index in [0.29, 0.717) is 13.1 Å². The summed E-state index contributed by atoms with van der Waals surface area (Å²) in [6.07, 6.45) is 4.28. The number of aliphatic hydroxyl groups excluding tert-OH is 1. The number of hydrogen-bond acceptors (Lipinski definition) is 6. The number of hydrogen-bond donors (Lipinski definition) is 1. The molecule has 1 aliphatic rings. The minimum Gasteiger partial charge on any atom is -0.395 e. The molecule has 1 amide bonds. The molecule has 0 bridgehead atoms. The smallest absolute Gasteiger partial charge is 0.245 e. The molecule has 1 unspecified atom stereocenters. The van der Waals surface area contributed by atoms with Crippen molar-refractivity contribution >= 4 is 33.3 Å². The molecule has 2 aromatic rings. The van der Waals surface area contributed by atoms with Gasteiger partial charge in [-0.05, 0) is 30.7 Å². The minimum atomic E-state index is -0.189. The van der Waals surface area contributed by atoms with Gasteiger partial charge in [0.2, 0.25) is 5.91 Å². The molecule has 124 valence electrons. The highest BCUT2D eigenvalue weighted by molar-refractivity contribution is 7.16. The summed E-state index contributed by atoms with van der Waals surface area (Å²) in [4.78, 5) is 26.5. The first-order chi connectivity index (χ1) is 11.3. The molecule has 0 saturated carbocycles. The zero-order chi connectivity index (χ0) is 16.2. The fraction of sp³-hybridized carbons (Fsp3) is 0.562. The van der Waals surface area contributed by atoms with E-state index in [1.54, 1.807) is 22.6 Å². The summed E-state index contributed by atoms with van der Waals surface area (Å²) in [5.74, 6) is 0.952. The predicted molar refractivity (Wildman–Crippen MR) is 91.7 cm³/mol. The number of carbonyl (C=O) groups excluding carboxylic acids is 1. The summed E-state index contributed by atoms with van der Waals surface area (Å²) in [5.41, 5.74) is 0. The third-order valence-electron chi connectivity index (χ3n) is 4.23. The molecule has 2 aromatic heterocycles. The van der Waals surface area contributed by atoms with E-state index in [1.165, 1.54) is 0 Å². The number of anilines is 1. The van der Waals surface area contributed by atoms with Gasteiger partial charge in [-0.2, -0.15) is 0 Å². The molecule has 0 aromatic carbocycles. The minimum absolute atomic E-state index is 0.000737. The van der Waals surface area contributed by atoms with Gasteiger partial charge < -0.3 is 14.9 Å². The van der Waals surface area contributed by atoms with Gasteiger partial charge in [-0.3, -0.25) is 4.79 Å². The van der Waals surface area contributed by atoms with E-state index in [4.69, 9.17) is 0 Å². The SMILES string of the molecule is CCCN(CCO)C(=O)C1CCCN1c1ncnc2sccc12. The van der Waals surface area contributed by atoms with E-state index in [1.807, 2.05) is 18.4 Å². The van der Waals surface area contributed by atoms with Crippen molar-refractivity contribution in [2.75, 3.05) is 31.1 Å². The molecule has 7 heteroatoms. The van der Waals surface area contributed by atoms with Gasteiger partial charge in [0.25, 0.3) is 0 Å². The number of amides is 1. The van der Waals surface area contributed by atoms with Gasteiger partial charge in [-0.25, -0.2) is 9.97 Å². The fourth-order valence-electron chi connectivity index (χ4n) is 3.22. The molecule has 0 spiro atoms. The van der Waals surface area contributed by atoms with Crippen molar-refractivity contribution in [2.24, 2.45) is 0 Å². The first kappa shape index (κ1) is 16.1. The van der Waals surface area contributed by atoms with Crippen LogP contribution in [-0.2, 0) is 4.79 Å². The Hall–Kier alpha value is -1.73. The number of aromatic nitrogens is 2. The van der Waals surface area contributed by atoms with Gasteiger partial charge in [0.05, 0.1) is 12.0 Å². The van der Waals surface area contributed by atoms with E-state index in [-0.39, 0.29) is 18.6 Å². The summed E-state index contributed by atoms with van der Waals surface area (Å²) < 4.78 is 0. The average molecular weight is 334 g/mol. The molecule has 3 heterocycles. The summed E-state index contributed by atoms with van der Waals surface area (Å²) in [7, 11) is 0. The van der Waals surface area contributed by atoms with Crippen LogP contribution in [0.1, 0.15) is 26.2 Å². The zero-order valence-corrected chi connectivity index (χ0v) is 14.1. The lowest BCUT2D eigenvalue weighted by Gasteiger charge is -2.30. The van der Waals surface area contributed by atoms with Gasteiger partial charge in [-0.15, -0.1) is 11.3 Å². The van der Waals surface area contributed by atoms with Gasteiger partial charge in [0.1, 0.15) is 23.0 Å². The number of thiophene rings is 1. The van der Waals surface area contributed by atoms with Crippen molar-refractivity contribution in [3.05, 3.63) is 17.8 Å². The Morgan fingerprint density at radius 3 is 3.13 bits per heavy atom. The standard InChI is InChI=1S/C16H22N4O2S/c1-2-6-19(8-9-21)16(22)13-4-3-7-20(13)14-12-5-10-23-15(12)18-11-17-14/h5,10-11,13,21H,2-4,6-9H2,1H3. The van der Waals surface area contributed by atoms with E-state index in [9.17, 15) is 9.90 Å². The highest BCUT2D eigenvalue weighted by Crippen LogP contribution is 2.32. The Kier molecular flexibility index (Phi) is 5.07. The molecule has 1 atom stereocenters. The maximum absolute atomic E-state index is 12.9. The third-order valence-corrected chi connectivity index (χ3v) is 5.05. The van der Waals surface area contributed by atoms with Crippen LogP contribution in [0.15, 0.2) is 17.8 Å². The Bertz CT molecular complexity index is 669. The Labute approximate surface area is 139 Å². The van der Waals surface area contributed by atoms with Gasteiger partial charge in [0, 0.05) is 19.6 Å². The van der Waals surface area contributed by atoms with Crippen molar-refractivity contribution in [3.63, 3.8) is 0 Å². The molecule has 1 saturated heterocycles. The van der Waals surface area contributed by atoms with Crippen molar-refractivity contribution in [1.29, 1.82) is 0 Å². The molecule has 1 fully saturated rings. The van der Waals surface area contributed by atoms with Gasteiger partial charge >= 0.3 is 0 Å². The zero-order valence-electron chi connectivity index (χ0n) is 13.3. The first-order valence-electron chi connectivity index (χ1n) is 8.10. The van der Waals surface area contributed by atoms with Crippen LogP contribution in [0.25, 0.3) is 10.2 Å². The second kappa shape index (κ2) is 7.23. The van der Waals surface area contributed by atoms with Crippen LogP contribution >= 0.6 is 11.3 Å². The molecule has 0 aliphatic carbocycles. The lowest BCUT2D eigenvalue weighted by Crippen LogP contribution is -2.47. The molecule has 3 rings (SSSR count). The topological polar surface area (TPSA) is 69.6 Å². The number of aliphatic hydroxyl groups is 1. The lowest BCUT2D eigenvalue weighted by atomic mass is 10.1. The molecule has 1 aliphatic heterocycles. The molecule has 23 heavy (non-hydrogen) atoms. The van der Waals surface area contributed by atoms with E-state index in [0.717, 1.165) is 41.8 Å². The van der Waals surface area contributed by atoms with Crippen LogP contribution < -0.4 is 4.90 Å². The van der Waals surface area contributed by atoms with E-state index >= 15 is 0 Å². The van der Waals surface area contributed by atoms with Crippen molar-refractivity contribution < 1.29 is 9.90 Å². The van der Waals surface area contributed by atoms with Crippen LogP contribution in [0.4, 0.5) is 5.82 Å². The van der Waals surface area contributed by atoms with Crippen molar-refractivity contribution in [1.82, 2.24) is 14.9 Å². The van der Waals surface area contributed by atoms with Crippen LogP contribution in [0, 0.1) is 0 Å². The van der Waals surface area contributed by atoms with Crippen LogP contribution in [0.3, 0.4) is 0 Å². The fourth-order valence-corrected chi connectivity index (χ4v) is 3.94. The number of nitrogens with zero attached hydrogens (tertiary/aromatic N) is 4. The van der Waals surface area contributed by atoms with E-state index < -0.39 is 0 Å². The quantitative estimate of drug-likeness (QED) is 0.874. The third kappa shape index (κ3) is 3.16. The predicted octanol–water partition coefficient (Wildman–Crippen LogP) is 1.89. The highest BCUT2D eigenvalue weighted by Gasteiger charge is 2.35. The number of carbonyl (C=O) groups is 1. The largest absolute Gasteiger partial charge is 0.395 e. The first-order valence-corrected chi connectivity index (χ1v) is 8.98. The molecular weight excluding hydrogens is 312 g/mol. The Balaban J connectivity index is 1.87. The molecule has 0 radical (unpaired) electrons. The Morgan fingerprint density at radius 2 is 2.35 bits per heavy atom. The summed E-state index contributed by atoms with van der Waals surface area (Å²) >= 11 is 1.59. The monoisotopic (exact) mass is 334 g/mol. The second-order valence-corrected chi connectivity index (χ2v) is 6.63. The van der Waals surface area contributed by atoms with Gasteiger partial charge in [0.15, 0.2) is 0 Å². The van der Waals surface area contributed by atoms with Crippen LogP contribution in [-0.4, -0.2) is 58.2 Å². The summed E-state index contributed by atoms with van der Waals surface area (Å²) in [6.45, 7) is 3.96. The van der Waals surface area contributed by atoms with E-state index in [2.05, 4.69) is 14.9 Å². The van der Waals surface area contributed by atoms with Gasteiger partial charge in [-0.1, -0.05) is 6.92 Å². The van der Waals surface area contributed by atoms with Crippen LogP contribution in [0.5, 0.6) is 0 Å². The average Bonchev–Trinajstić information content (AvgIpc) is 3.22. The highest BCUT2D eigenvalue weighted by atomic mass is 32.1. The molecule has 6 nitrogen and oxygen atoms in total. The van der Waals surface area contributed by atoms with Crippen molar-refractivity contribution in [3.8, 4) is 0 Å². The maximum atomic E-state index is 12.9. The summed E-state index contributed by atoms with van der Waals surface area (Å²) in [5, 5.41) is 12.2. The summed E-state index contributed by atoms with van der Waals surface area (Å²) in [6, 6.07) is 1.83.